The van der Waals surface area contributed by atoms with E-state index in [9.17, 15) is 4.79 Å². The fourth-order valence-electron chi connectivity index (χ4n) is 1.94. The van der Waals surface area contributed by atoms with Gasteiger partial charge in [-0.2, -0.15) is 4.98 Å². The Morgan fingerprint density at radius 2 is 1.81 bits per heavy atom. The van der Waals surface area contributed by atoms with E-state index in [1.54, 1.807) is 49.6 Å². The van der Waals surface area contributed by atoms with E-state index in [0.717, 1.165) is 5.75 Å². The van der Waals surface area contributed by atoms with E-state index >= 15 is 0 Å². The van der Waals surface area contributed by atoms with Crippen LogP contribution < -0.4 is 20.8 Å². The number of H-pyrrole nitrogens is 1. The molecule has 3 aromatic rings. The smallest absolute Gasteiger partial charge is 0.302 e. The molecule has 106 valence electrons. The van der Waals surface area contributed by atoms with Crippen LogP contribution in [0.15, 0.2) is 47.3 Å². The molecule has 0 amide bonds. The average molecular weight is 283 g/mol. The molecule has 0 bridgehead atoms. The van der Waals surface area contributed by atoms with E-state index in [0.29, 0.717) is 22.3 Å². The summed E-state index contributed by atoms with van der Waals surface area (Å²) in [7, 11) is 1.59. The number of methoxy groups -OCH3 is 1. The molecule has 0 aliphatic carbocycles. The molecule has 0 atom stereocenters. The average Bonchev–Trinajstić information content (AvgIpc) is 2.49. The second kappa shape index (κ2) is 5.16. The van der Waals surface area contributed by atoms with Gasteiger partial charge in [-0.15, -0.1) is 0 Å². The number of nitrogens with zero attached hydrogens (tertiary/aromatic N) is 1. The molecule has 0 saturated heterocycles. The zero-order chi connectivity index (χ0) is 14.8. The quantitative estimate of drug-likeness (QED) is 0.720. The van der Waals surface area contributed by atoms with E-state index in [1.807, 2.05) is 0 Å². The first-order chi connectivity index (χ1) is 10.2. The summed E-state index contributed by atoms with van der Waals surface area (Å²) in [5.41, 5.74) is 6.40. The molecule has 6 heteroatoms. The topological polar surface area (TPSA) is 90.2 Å². The summed E-state index contributed by atoms with van der Waals surface area (Å²) in [5.74, 6) is 1.27. The predicted octanol–water partition coefficient (Wildman–Crippen LogP) is 2.31. The molecule has 2 aromatic carbocycles. The number of ether oxygens (including phenoxy) is 2. The third-order valence-electron chi connectivity index (χ3n) is 2.98. The van der Waals surface area contributed by atoms with Crippen LogP contribution >= 0.6 is 0 Å². The molecule has 3 N–H and O–H groups in total. The number of nitrogens with one attached hydrogen (secondary N) is 1. The maximum Gasteiger partial charge on any atom is 0.302 e. The highest BCUT2D eigenvalue weighted by molar-refractivity contribution is 5.81. The molecule has 0 unspecified atom stereocenters. The lowest BCUT2D eigenvalue weighted by Gasteiger charge is -2.06. The van der Waals surface area contributed by atoms with Crippen LogP contribution in [-0.2, 0) is 0 Å². The Morgan fingerprint density at radius 3 is 2.52 bits per heavy atom. The summed E-state index contributed by atoms with van der Waals surface area (Å²) in [6, 6.07) is 12.1. The highest BCUT2D eigenvalue weighted by Crippen LogP contribution is 2.22. The zero-order valence-electron chi connectivity index (χ0n) is 11.3. The molecule has 0 radical (unpaired) electrons. The molecule has 6 nitrogen and oxygen atoms in total. The van der Waals surface area contributed by atoms with Crippen molar-refractivity contribution < 1.29 is 9.47 Å². The first-order valence-corrected chi connectivity index (χ1v) is 6.27. The molecular weight excluding hydrogens is 270 g/mol. The minimum absolute atomic E-state index is 0.127. The first kappa shape index (κ1) is 13.0. The Morgan fingerprint density at radius 1 is 1.10 bits per heavy atom. The number of benzene rings is 2. The third kappa shape index (κ3) is 2.64. The van der Waals surface area contributed by atoms with Crippen molar-refractivity contribution in [3.63, 3.8) is 0 Å². The van der Waals surface area contributed by atoms with Crippen LogP contribution in [0.3, 0.4) is 0 Å². The molecule has 0 aliphatic rings. The van der Waals surface area contributed by atoms with Gasteiger partial charge in [0.2, 0.25) is 0 Å². The van der Waals surface area contributed by atoms with Crippen LogP contribution in [-0.4, -0.2) is 17.1 Å². The van der Waals surface area contributed by atoms with Crippen LogP contribution in [0.2, 0.25) is 0 Å². The van der Waals surface area contributed by atoms with Crippen molar-refractivity contribution >= 4 is 16.6 Å². The minimum Gasteiger partial charge on any atom is -0.497 e. The van der Waals surface area contributed by atoms with Gasteiger partial charge in [-0.25, -0.2) is 0 Å². The Balaban J connectivity index is 1.97. The van der Waals surface area contributed by atoms with Crippen LogP contribution in [0.4, 0.5) is 5.69 Å². The maximum absolute atomic E-state index is 12.0. The van der Waals surface area contributed by atoms with Crippen molar-refractivity contribution in [2.45, 2.75) is 0 Å². The lowest BCUT2D eigenvalue weighted by Crippen LogP contribution is -2.09. The maximum atomic E-state index is 12.0. The number of nitrogens with two attached hydrogens (primary N) is 1. The normalized spacial score (nSPS) is 10.5. The van der Waals surface area contributed by atoms with E-state index < -0.39 is 0 Å². The van der Waals surface area contributed by atoms with Crippen molar-refractivity contribution in [2.24, 2.45) is 0 Å². The van der Waals surface area contributed by atoms with Gasteiger partial charge >= 0.3 is 6.01 Å². The van der Waals surface area contributed by atoms with Gasteiger partial charge in [0.05, 0.1) is 18.0 Å². The fourth-order valence-corrected chi connectivity index (χ4v) is 1.94. The number of rotatable bonds is 3. The van der Waals surface area contributed by atoms with Gasteiger partial charge < -0.3 is 15.2 Å². The van der Waals surface area contributed by atoms with E-state index in [1.165, 1.54) is 0 Å². The molecule has 21 heavy (non-hydrogen) atoms. The van der Waals surface area contributed by atoms with Gasteiger partial charge in [0, 0.05) is 5.69 Å². The molecule has 0 saturated carbocycles. The lowest BCUT2D eigenvalue weighted by atomic mass is 10.2. The second-order valence-electron chi connectivity index (χ2n) is 4.43. The SMILES string of the molecule is COc1ccc(Oc2nc3ccc(N)cc3c(=O)[nH]2)cc1. The Hall–Kier alpha value is -3.02. The number of aromatic amines is 1. The van der Waals surface area contributed by atoms with Crippen molar-refractivity contribution in [3.8, 4) is 17.5 Å². The van der Waals surface area contributed by atoms with Gasteiger partial charge in [-0.05, 0) is 42.5 Å². The van der Waals surface area contributed by atoms with Crippen LogP contribution in [0.1, 0.15) is 0 Å². The van der Waals surface area contributed by atoms with E-state index in [-0.39, 0.29) is 11.6 Å². The van der Waals surface area contributed by atoms with Crippen molar-refractivity contribution in [3.05, 3.63) is 52.8 Å². The van der Waals surface area contributed by atoms with Gasteiger partial charge in [0.25, 0.3) is 5.56 Å². The van der Waals surface area contributed by atoms with Gasteiger partial charge in [-0.3, -0.25) is 9.78 Å². The Labute approximate surface area is 120 Å². The molecule has 1 aromatic heterocycles. The van der Waals surface area contributed by atoms with Crippen LogP contribution in [0, 0.1) is 0 Å². The minimum atomic E-state index is -0.296. The van der Waals surface area contributed by atoms with Gasteiger partial charge in [0.15, 0.2) is 0 Å². The van der Waals surface area contributed by atoms with Gasteiger partial charge in [0.1, 0.15) is 11.5 Å². The number of nitrogen functional groups attached to an aromatic ring is 1. The summed E-state index contributed by atoms with van der Waals surface area (Å²) in [4.78, 5) is 18.8. The van der Waals surface area contributed by atoms with Crippen molar-refractivity contribution in [1.82, 2.24) is 9.97 Å². The van der Waals surface area contributed by atoms with Crippen LogP contribution in [0.5, 0.6) is 17.5 Å². The second-order valence-corrected chi connectivity index (χ2v) is 4.43. The number of hydrogen-bond donors (Lipinski definition) is 2. The summed E-state index contributed by atoms with van der Waals surface area (Å²) in [5, 5.41) is 0.428. The first-order valence-electron chi connectivity index (χ1n) is 6.27. The van der Waals surface area contributed by atoms with E-state index in [4.69, 9.17) is 15.2 Å². The highest BCUT2D eigenvalue weighted by atomic mass is 16.5. The molecule has 0 fully saturated rings. The van der Waals surface area contributed by atoms with Crippen LogP contribution in [0.25, 0.3) is 10.9 Å². The summed E-state index contributed by atoms with van der Waals surface area (Å²) >= 11 is 0. The molecule has 1 heterocycles. The summed E-state index contributed by atoms with van der Waals surface area (Å²) < 4.78 is 10.6. The zero-order valence-corrected chi connectivity index (χ0v) is 11.3. The fraction of sp³-hybridized carbons (Fsp3) is 0.0667. The van der Waals surface area contributed by atoms with Crippen molar-refractivity contribution in [1.29, 1.82) is 0 Å². The molecule has 0 aliphatic heterocycles. The third-order valence-corrected chi connectivity index (χ3v) is 2.98. The molecule has 0 spiro atoms. The number of fused-ring (bicyclic) bond motifs is 1. The largest absolute Gasteiger partial charge is 0.497 e. The number of hydrogen-bond acceptors (Lipinski definition) is 5. The molecular formula is C15H13N3O3. The summed E-state index contributed by atoms with van der Waals surface area (Å²) in [6.45, 7) is 0. The number of aromatic nitrogens is 2. The standard InChI is InChI=1S/C15H13N3O3/c1-20-10-3-5-11(6-4-10)21-15-17-13-7-2-9(16)8-12(13)14(19)18-15/h2-8H,16H2,1H3,(H,17,18,19). The number of anilines is 1. The highest BCUT2D eigenvalue weighted by Gasteiger charge is 2.06. The Kier molecular flexibility index (Phi) is 3.19. The monoisotopic (exact) mass is 283 g/mol. The predicted molar refractivity (Wildman–Crippen MR) is 79.8 cm³/mol. The van der Waals surface area contributed by atoms with Gasteiger partial charge in [-0.1, -0.05) is 0 Å². The van der Waals surface area contributed by atoms with Crippen molar-refractivity contribution in [2.75, 3.05) is 12.8 Å². The molecule has 3 rings (SSSR count). The van der Waals surface area contributed by atoms with E-state index in [2.05, 4.69) is 9.97 Å². The summed E-state index contributed by atoms with van der Waals surface area (Å²) in [6.07, 6.45) is 0. The lowest BCUT2D eigenvalue weighted by molar-refractivity contribution is 0.410. The Bertz CT molecular complexity index is 841.